The topological polar surface area (TPSA) is 69.7 Å². The number of hydrogen-bond donors (Lipinski definition) is 0. The van der Waals surface area contributed by atoms with Gasteiger partial charge in [-0.15, -0.1) is 0 Å². The third-order valence-corrected chi connectivity index (χ3v) is 2.84. The maximum absolute atomic E-state index is 11.6. The predicted molar refractivity (Wildman–Crippen MR) is 59.1 cm³/mol. The smallest absolute Gasteiger partial charge is 0.316 e. The number of rotatable bonds is 4. The fourth-order valence-corrected chi connectivity index (χ4v) is 1.97. The van der Waals surface area contributed by atoms with Crippen LogP contribution in [-0.2, 0) is 23.9 Å². The third-order valence-electron chi connectivity index (χ3n) is 2.84. The van der Waals surface area contributed by atoms with Crippen LogP contribution in [0.4, 0.5) is 0 Å². The number of ketones is 1. The second-order valence-electron chi connectivity index (χ2n) is 3.99. The molecule has 0 aromatic rings. The van der Waals surface area contributed by atoms with E-state index in [-0.39, 0.29) is 37.1 Å². The summed E-state index contributed by atoms with van der Waals surface area (Å²) in [6.45, 7) is 3.97. The standard InChI is InChI=1S/C12H18O5/c1-3-16-11(14)8-5-6-10(13)9(7-8)12(15)17-4-2/h8-9H,3-7H2,1-2H3. The van der Waals surface area contributed by atoms with Crippen LogP contribution in [0.25, 0.3) is 0 Å². The molecule has 1 rings (SSSR count). The third kappa shape index (κ3) is 3.54. The molecule has 0 radical (unpaired) electrons. The van der Waals surface area contributed by atoms with E-state index in [2.05, 4.69) is 0 Å². The van der Waals surface area contributed by atoms with Crippen LogP contribution in [0, 0.1) is 11.8 Å². The normalized spacial score (nSPS) is 24.2. The molecule has 0 aromatic carbocycles. The molecular formula is C12H18O5. The van der Waals surface area contributed by atoms with Crippen LogP contribution in [-0.4, -0.2) is 30.9 Å². The van der Waals surface area contributed by atoms with E-state index >= 15 is 0 Å². The maximum Gasteiger partial charge on any atom is 0.316 e. The molecule has 0 heterocycles. The van der Waals surface area contributed by atoms with E-state index in [1.165, 1.54) is 0 Å². The Hall–Kier alpha value is -1.39. The first-order valence-electron chi connectivity index (χ1n) is 5.96. The molecule has 1 fully saturated rings. The lowest BCUT2D eigenvalue weighted by atomic mass is 9.80. The molecule has 0 amide bonds. The first-order valence-corrected chi connectivity index (χ1v) is 5.96. The molecule has 2 unspecified atom stereocenters. The van der Waals surface area contributed by atoms with Crippen LogP contribution in [0.15, 0.2) is 0 Å². The van der Waals surface area contributed by atoms with E-state index in [4.69, 9.17) is 9.47 Å². The molecule has 1 aliphatic rings. The fourth-order valence-electron chi connectivity index (χ4n) is 1.97. The molecule has 0 aliphatic heterocycles. The van der Waals surface area contributed by atoms with E-state index in [1.54, 1.807) is 13.8 Å². The Kier molecular flexibility index (Phi) is 5.12. The van der Waals surface area contributed by atoms with E-state index in [9.17, 15) is 14.4 Å². The Bertz CT molecular complexity index is 310. The number of carbonyl (C=O) groups is 3. The van der Waals surface area contributed by atoms with Gasteiger partial charge in [-0.2, -0.15) is 0 Å². The summed E-state index contributed by atoms with van der Waals surface area (Å²) in [6.07, 6.45) is 0.928. The van der Waals surface area contributed by atoms with Gasteiger partial charge in [0.15, 0.2) is 0 Å². The minimum absolute atomic E-state index is 0.135. The molecule has 5 heteroatoms. The summed E-state index contributed by atoms with van der Waals surface area (Å²) in [5.41, 5.74) is 0. The van der Waals surface area contributed by atoms with Gasteiger partial charge in [0.05, 0.1) is 19.1 Å². The van der Waals surface area contributed by atoms with Crippen LogP contribution < -0.4 is 0 Å². The summed E-state index contributed by atoms with van der Waals surface area (Å²) in [4.78, 5) is 34.7. The number of ether oxygens (including phenoxy) is 2. The summed E-state index contributed by atoms with van der Waals surface area (Å²) in [5, 5.41) is 0. The molecule has 0 aromatic heterocycles. The minimum atomic E-state index is -0.793. The zero-order chi connectivity index (χ0) is 12.8. The van der Waals surface area contributed by atoms with Gasteiger partial charge in [0, 0.05) is 6.42 Å². The van der Waals surface area contributed by atoms with Crippen molar-refractivity contribution in [3.8, 4) is 0 Å². The van der Waals surface area contributed by atoms with E-state index in [1.807, 2.05) is 0 Å². The largest absolute Gasteiger partial charge is 0.466 e. The Morgan fingerprint density at radius 2 is 1.76 bits per heavy atom. The Labute approximate surface area is 100 Å². The number of Topliss-reactive ketones (excluding diaryl/α,β-unsaturated/α-hetero) is 1. The zero-order valence-corrected chi connectivity index (χ0v) is 10.2. The molecule has 5 nitrogen and oxygen atoms in total. The van der Waals surface area contributed by atoms with Gasteiger partial charge < -0.3 is 9.47 Å². The van der Waals surface area contributed by atoms with Crippen LogP contribution in [0.5, 0.6) is 0 Å². The van der Waals surface area contributed by atoms with Crippen LogP contribution in [0.2, 0.25) is 0 Å². The van der Waals surface area contributed by atoms with Crippen molar-refractivity contribution in [2.45, 2.75) is 33.1 Å². The van der Waals surface area contributed by atoms with Crippen molar-refractivity contribution in [3.05, 3.63) is 0 Å². The average molecular weight is 242 g/mol. The number of esters is 2. The zero-order valence-electron chi connectivity index (χ0n) is 10.2. The van der Waals surface area contributed by atoms with Crippen molar-refractivity contribution in [1.82, 2.24) is 0 Å². The fraction of sp³-hybridized carbons (Fsp3) is 0.750. The molecule has 96 valence electrons. The summed E-state index contributed by atoms with van der Waals surface area (Å²) in [6, 6.07) is 0. The summed E-state index contributed by atoms with van der Waals surface area (Å²) in [5.74, 6) is -2.13. The maximum atomic E-state index is 11.6. The molecule has 1 aliphatic carbocycles. The molecule has 0 saturated heterocycles. The highest BCUT2D eigenvalue weighted by atomic mass is 16.5. The highest BCUT2D eigenvalue weighted by Gasteiger charge is 2.38. The predicted octanol–water partition coefficient (Wildman–Crippen LogP) is 1.10. The van der Waals surface area contributed by atoms with Gasteiger partial charge in [-0.3, -0.25) is 14.4 Å². The Balaban J connectivity index is 2.62. The summed E-state index contributed by atoms with van der Waals surface area (Å²) >= 11 is 0. The first kappa shape index (κ1) is 13.7. The minimum Gasteiger partial charge on any atom is -0.466 e. The van der Waals surface area contributed by atoms with Gasteiger partial charge in [-0.1, -0.05) is 0 Å². The SMILES string of the molecule is CCOC(=O)C1CCC(=O)C(C(=O)OCC)C1. The second-order valence-corrected chi connectivity index (χ2v) is 3.99. The summed E-state index contributed by atoms with van der Waals surface area (Å²) in [7, 11) is 0. The average Bonchev–Trinajstić information content (AvgIpc) is 2.30. The monoisotopic (exact) mass is 242 g/mol. The van der Waals surface area contributed by atoms with E-state index in [0.29, 0.717) is 13.0 Å². The van der Waals surface area contributed by atoms with Gasteiger partial charge in [0.2, 0.25) is 0 Å². The molecule has 17 heavy (non-hydrogen) atoms. The molecule has 0 bridgehead atoms. The highest BCUT2D eigenvalue weighted by Crippen LogP contribution is 2.28. The van der Waals surface area contributed by atoms with Crippen molar-refractivity contribution in [2.75, 3.05) is 13.2 Å². The quantitative estimate of drug-likeness (QED) is 0.545. The lowest BCUT2D eigenvalue weighted by molar-refractivity contribution is -0.157. The van der Waals surface area contributed by atoms with Gasteiger partial charge in [0.1, 0.15) is 11.7 Å². The molecular weight excluding hydrogens is 224 g/mol. The van der Waals surface area contributed by atoms with Crippen molar-refractivity contribution >= 4 is 17.7 Å². The lowest BCUT2D eigenvalue weighted by Gasteiger charge is -2.25. The van der Waals surface area contributed by atoms with Crippen molar-refractivity contribution in [3.63, 3.8) is 0 Å². The van der Waals surface area contributed by atoms with Crippen LogP contribution >= 0.6 is 0 Å². The van der Waals surface area contributed by atoms with E-state index < -0.39 is 11.9 Å². The Morgan fingerprint density at radius 3 is 2.35 bits per heavy atom. The molecule has 2 atom stereocenters. The second kappa shape index (κ2) is 6.37. The highest BCUT2D eigenvalue weighted by molar-refractivity contribution is 6.00. The van der Waals surface area contributed by atoms with Crippen LogP contribution in [0.1, 0.15) is 33.1 Å². The lowest BCUT2D eigenvalue weighted by Crippen LogP contribution is -2.35. The first-order chi connectivity index (χ1) is 8.10. The van der Waals surface area contributed by atoms with Gasteiger partial charge >= 0.3 is 11.9 Å². The van der Waals surface area contributed by atoms with E-state index in [0.717, 1.165) is 0 Å². The molecule has 0 N–H and O–H groups in total. The summed E-state index contributed by atoms with van der Waals surface area (Å²) < 4.78 is 9.73. The van der Waals surface area contributed by atoms with Gasteiger partial charge in [0.25, 0.3) is 0 Å². The van der Waals surface area contributed by atoms with Crippen molar-refractivity contribution in [1.29, 1.82) is 0 Å². The Morgan fingerprint density at radius 1 is 1.18 bits per heavy atom. The number of carbonyl (C=O) groups excluding carboxylic acids is 3. The molecule has 0 spiro atoms. The van der Waals surface area contributed by atoms with Crippen molar-refractivity contribution in [2.24, 2.45) is 11.8 Å². The van der Waals surface area contributed by atoms with Gasteiger partial charge in [-0.05, 0) is 26.7 Å². The number of hydrogen-bond acceptors (Lipinski definition) is 5. The van der Waals surface area contributed by atoms with Crippen molar-refractivity contribution < 1.29 is 23.9 Å². The van der Waals surface area contributed by atoms with Crippen LogP contribution in [0.3, 0.4) is 0 Å². The van der Waals surface area contributed by atoms with Gasteiger partial charge in [-0.25, -0.2) is 0 Å². The molecule has 1 saturated carbocycles.